The highest BCUT2D eigenvalue weighted by atomic mass is 16.5. The largest absolute Gasteiger partial charge is 0.467 e. The summed E-state index contributed by atoms with van der Waals surface area (Å²) >= 11 is 0. The Bertz CT molecular complexity index is 694. The summed E-state index contributed by atoms with van der Waals surface area (Å²) in [6.07, 6.45) is 0. The number of methoxy groups -OCH3 is 2. The number of rotatable bonds is 6. The second-order valence-electron chi connectivity index (χ2n) is 4.54. The summed E-state index contributed by atoms with van der Waals surface area (Å²) in [5, 5.41) is 2.68. The SMILES string of the molecule is COc1nc(CNC(=O)c2ccc(C(C)=O)cc2)nc(OC)n1. The molecule has 8 nitrogen and oxygen atoms in total. The fraction of sp³-hybridized carbons (Fsp3) is 0.267. The number of ether oxygens (including phenoxy) is 2. The van der Waals surface area contributed by atoms with Crippen LogP contribution in [0.25, 0.3) is 0 Å². The predicted molar refractivity (Wildman–Crippen MR) is 80.5 cm³/mol. The van der Waals surface area contributed by atoms with Gasteiger partial charge in [0.2, 0.25) is 0 Å². The molecule has 23 heavy (non-hydrogen) atoms. The lowest BCUT2D eigenvalue weighted by molar-refractivity contribution is 0.0947. The van der Waals surface area contributed by atoms with Crippen molar-refractivity contribution in [2.24, 2.45) is 0 Å². The maximum absolute atomic E-state index is 12.1. The highest BCUT2D eigenvalue weighted by Crippen LogP contribution is 2.09. The summed E-state index contributed by atoms with van der Waals surface area (Å²) in [4.78, 5) is 35.2. The van der Waals surface area contributed by atoms with Crippen molar-refractivity contribution in [3.8, 4) is 12.0 Å². The van der Waals surface area contributed by atoms with Gasteiger partial charge in [-0.05, 0) is 19.1 Å². The number of hydrogen-bond acceptors (Lipinski definition) is 7. The minimum Gasteiger partial charge on any atom is -0.467 e. The number of Topliss-reactive ketones (excluding diaryl/α,β-unsaturated/α-hetero) is 1. The number of nitrogens with zero attached hydrogens (tertiary/aromatic N) is 3. The zero-order valence-electron chi connectivity index (χ0n) is 13.0. The normalized spacial score (nSPS) is 10.0. The summed E-state index contributed by atoms with van der Waals surface area (Å²) in [5.74, 6) is -0.0535. The molecule has 0 bridgehead atoms. The lowest BCUT2D eigenvalue weighted by Gasteiger charge is -2.07. The Labute approximate surface area is 132 Å². The molecule has 2 aromatic rings. The number of hydrogen-bond donors (Lipinski definition) is 1. The number of carbonyl (C=O) groups is 2. The van der Waals surface area contributed by atoms with Crippen LogP contribution in [-0.4, -0.2) is 40.9 Å². The van der Waals surface area contributed by atoms with Crippen molar-refractivity contribution in [1.82, 2.24) is 20.3 Å². The van der Waals surface area contributed by atoms with Crippen molar-refractivity contribution in [2.75, 3.05) is 14.2 Å². The summed E-state index contributed by atoms with van der Waals surface area (Å²) in [6.45, 7) is 1.55. The van der Waals surface area contributed by atoms with E-state index in [0.717, 1.165) is 0 Å². The van der Waals surface area contributed by atoms with Gasteiger partial charge in [-0.1, -0.05) is 12.1 Å². The van der Waals surface area contributed by atoms with Gasteiger partial charge >= 0.3 is 12.0 Å². The molecule has 2 rings (SSSR count). The average Bonchev–Trinajstić information content (AvgIpc) is 2.59. The Morgan fingerprint density at radius 3 is 1.96 bits per heavy atom. The second kappa shape index (κ2) is 7.30. The van der Waals surface area contributed by atoms with E-state index in [1.54, 1.807) is 24.3 Å². The van der Waals surface area contributed by atoms with Gasteiger partial charge < -0.3 is 14.8 Å². The molecule has 1 aromatic heterocycles. The number of aromatic nitrogens is 3. The standard InChI is InChI=1S/C15H16N4O4/c1-9(20)10-4-6-11(7-5-10)13(21)16-8-12-17-14(22-2)19-15(18-12)23-3/h4-7H,8H2,1-3H3,(H,16,21). The van der Waals surface area contributed by atoms with Gasteiger partial charge in [0.1, 0.15) is 0 Å². The lowest BCUT2D eigenvalue weighted by Crippen LogP contribution is -2.24. The molecular weight excluding hydrogens is 300 g/mol. The Hall–Kier alpha value is -3.03. The maximum atomic E-state index is 12.1. The highest BCUT2D eigenvalue weighted by Gasteiger charge is 2.10. The minimum atomic E-state index is -0.307. The van der Waals surface area contributed by atoms with Crippen molar-refractivity contribution in [3.63, 3.8) is 0 Å². The third kappa shape index (κ3) is 4.22. The van der Waals surface area contributed by atoms with E-state index in [-0.39, 0.29) is 30.3 Å². The van der Waals surface area contributed by atoms with Crippen LogP contribution in [0.3, 0.4) is 0 Å². The fourth-order valence-corrected chi connectivity index (χ4v) is 1.76. The van der Waals surface area contributed by atoms with E-state index in [4.69, 9.17) is 9.47 Å². The summed E-state index contributed by atoms with van der Waals surface area (Å²) < 4.78 is 9.88. The monoisotopic (exact) mass is 316 g/mol. The van der Waals surface area contributed by atoms with Crippen LogP contribution in [0.1, 0.15) is 33.5 Å². The topological polar surface area (TPSA) is 103 Å². The molecule has 0 saturated carbocycles. The molecule has 0 fully saturated rings. The van der Waals surface area contributed by atoms with Crippen LogP contribution in [-0.2, 0) is 6.54 Å². The summed E-state index contributed by atoms with van der Waals surface area (Å²) in [5.41, 5.74) is 0.983. The van der Waals surface area contributed by atoms with Gasteiger partial charge in [0, 0.05) is 11.1 Å². The fourth-order valence-electron chi connectivity index (χ4n) is 1.76. The maximum Gasteiger partial charge on any atom is 0.322 e. The third-order valence-corrected chi connectivity index (χ3v) is 2.97. The zero-order valence-corrected chi connectivity index (χ0v) is 13.0. The lowest BCUT2D eigenvalue weighted by atomic mass is 10.1. The molecule has 1 N–H and O–H groups in total. The van der Waals surface area contributed by atoms with Crippen molar-refractivity contribution in [1.29, 1.82) is 0 Å². The van der Waals surface area contributed by atoms with Gasteiger partial charge in [0.15, 0.2) is 11.6 Å². The zero-order chi connectivity index (χ0) is 16.8. The first kappa shape index (κ1) is 16.3. The summed E-state index contributed by atoms with van der Waals surface area (Å²) in [7, 11) is 2.85. The Balaban J connectivity index is 2.05. The van der Waals surface area contributed by atoms with Crippen LogP contribution >= 0.6 is 0 Å². The average molecular weight is 316 g/mol. The van der Waals surface area contributed by atoms with Crippen LogP contribution < -0.4 is 14.8 Å². The second-order valence-corrected chi connectivity index (χ2v) is 4.54. The van der Waals surface area contributed by atoms with Crippen LogP contribution in [0, 0.1) is 0 Å². The van der Waals surface area contributed by atoms with Crippen molar-refractivity contribution >= 4 is 11.7 Å². The Kier molecular flexibility index (Phi) is 5.19. The van der Waals surface area contributed by atoms with E-state index in [2.05, 4.69) is 20.3 Å². The van der Waals surface area contributed by atoms with Crippen molar-refractivity contribution in [3.05, 3.63) is 41.2 Å². The van der Waals surface area contributed by atoms with E-state index >= 15 is 0 Å². The first-order chi connectivity index (χ1) is 11.0. The minimum absolute atomic E-state index is 0.0543. The van der Waals surface area contributed by atoms with E-state index in [1.807, 2.05) is 0 Å². The van der Waals surface area contributed by atoms with Crippen molar-refractivity contribution in [2.45, 2.75) is 13.5 Å². The van der Waals surface area contributed by atoms with Gasteiger partial charge in [-0.15, -0.1) is 4.98 Å². The molecule has 0 aliphatic heterocycles. The molecule has 8 heteroatoms. The Morgan fingerprint density at radius 1 is 0.957 bits per heavy atom. The van der Waals surface area contributed by atoms with Crippen LogP contribution in [0.2, 0.25) is 0 Å². The smallest absolute Gasteiger partial charge is 0.322 e. The van der Waals surface area contributed by atoms with E-state index in [0.29, 0.717) is 17.0 Å². The number of ketones is 1. The van der Waals surface area contributed by atoms with E-state index in [1.165, 1.54) is 21.1 Å². The molecule has 120 valence electrons. The molecule has 0 saturated heterocycles. The number of amides is 1. The molecule has 0 spiro atoms. The molecular formula is C15H16N4O4. The molecule has 1 heterocycles. The van der Waals surface area contributed by atoms with E-state index < -0.39 is 0 Å². The molecule has 0 aliphatic carbocycles. The first-order valence-corrected chi connectivity index (χ1v) is 6.75. The van der Waals surface area contributed by atoms with Gasteiger partial charge in [-0.3, -0.25) is 9.59 Å². The molecule has 1 aromatic carbocycles. The molecule has 0 radical (unpaired) electrons. The van der Waals surface area contributed by atoms with Gasteiger partial charge in [0.25, 0.3) is 5.91 Å². The predicted octanol–water partition coefficient (Wildman–Crippen LogP) is 1.02. The van der Waals surface area contributed by atoms with Gasteiger partial charge in [0.05, 0.1) is 20.8 Å². The molecule has 0 aliphatic rings. The van der Waals surface area contributed by atoms with Crippen LogP contribution in [0.4, 0.5) is 0 Å². The summed E-state index contributed by atoms with van der Waals surface area (Å²) in [6, 6.07) is 6.58. The highest BCUT2D eigenvalue weighted by molar-refractivity contribution is 5.97. The number of carbonyl (C=O) groups excluding carboxylic acids is 2. The molecule has 1 amide bonds. The van der Waals surface area contributed by atoms with Gasteiger partial charge in [-0.25, -0.2) is 0 Å². The number of nitrogens with one attached hydrogen (secondary N) is 1. The first-order valence-electron chi connectivity index (χ1n) is 6.75. The molecule has 0 unspecified atom stereocenters. The molecule has 0 atom stereocenters. The van der Waals surface area contributed by atoms with Crippen molar-refractivity contribution < 1.29 is 19.1 Å². The Morgan fingerprint density at radius 2 is 1.48 bits per heavy atom. The quantitative estimate of drug-likeness (QED) is 0.793. The van der Waals surface area contributed by atoms with Crippen LogP contribution in [0.5, 0.6) is 12.0 Å². The van der Waals surface area contributed by atoms with E-state index in [9.17, 15) is 9.59 Å². The van der Waals surface area contributed by atoms with Crippen LogP contribution in [0.15, 0.2) is 24.3 Å². The number of benzene rings is 1. The third-order valence-electron chi connectivity index (χ3n) is 2.97. The van der Waals surface area contributed by atoms with Gasteiger partial charge in [-0.2, -0.15) is 9.97 Å².